The molecule has 148 valence electrons. The molecule has 27 heavy (non-hydrogen) atoms. The summed E-state index contributed by atoms with van der Waals surface area (Å²) in [6.45, 7) is 14.9. The number of aromatic nitrogens is 4. The van der Waals surface area contributed by atoms with Crippen LogP contribution in [0, 0.1) is 11.8 Å². The van der Waals surface area contributed by atoms with E-state index in [9.17, 15) is 0 Å². The van der Waals surface area contributed by atoms with E-state index in [1.165, 1.54) is 48.2 Å². The zero-order chi connectivity index (χ0) is 19.3. The summed E-state index contributed by atoms with van der Waals surface area (Å²) < 4.78 is 4.53. The lowest BCUT2D eigenvalue weighted by Gasteiger charge is -2.32. The second-order valence-electron chi connectivity index (χ2n) is 9.77. The highest BCUT2D eigenvalue weighted by Gasteiger charge is 2.33. The van der Waals surface area contributed by atoms with Crippen molar-refractivity contribution in [2.24, 2.45) is 11.8 Å². The predicted molar refractivity (Wildman–Crippen MR) is 110 cm³/mol. The first-order valence-corrected chi connectivity index (χ1v) is 11.0. The van der Waals surface area contributed by atoms with Gasteiger partial charge in [-0.05, 0) is 60.5 Å². The molecule has 2 heterocycles. The highest BCUT2D eigenvalue weighted by molar-refractivity contribution is 5.31. The van der Waals surface area contributed by atoms with Gasteiger partial charge < -0.3 is 0 Å². The van der Waals surface area contributed by atoms with Crippen LogP contribution in [0.25, 0.3) is 0 Å². The van der Waals surface area contributed by atoms with Gasteiger partial charge in [-0.15, -0.1) is 0 Å². The molecule has 0 N–H and O–H groups in total. The molecule has 4 atom stereocenters. The highest BCUT2D eigenvalue weighted by Crippen LogP contribution is 2.44. The van der Waals surface area contributed by atoms with Gasteiger partial charge in [0, 0.05) is 23.2 Å². The molecule has 0 unspecified atom stereocenters. The van der Waals surface area contributed by atoms with Crippen LogP contribution in [-0.2, 0) is 6.67 Å². The Bertz CT molecular complexity index is 731. The zero-order valence-electron chi connectivity index (χ0n) is 17.9. The minimum atomic E-state index is 0.616. The zero-order valence-corrected chi connectivity index (χ0v) is 17.9. The molecule has 4 nitrogen and oxygen atoms in total. The molecule has 4 rings (SSSR count). The van der Waals surface area contributed by atoms with Gasteiger partial charge in [-0.2, -0.15) is 10.2 Å². The Labute approximate surface area is 164 Å². The van der Waals surface area contributed by atoms with E-state index in [4.69, 9.17) is 10.2 Å². The first-order chi connectivity index (χ1) is 12.9. The van der Waals surface area contributed by atoms with E-state index >= 15 is 0 Å². The molecule has 2 aromatic heterocycles. The second kappa shape index (κ2) is 7.10. The Morgan fingerprint density at radius 3 is 1.56 bits per heavy atom. The molecule has 0 saturated carbocycles. The average Bonchev–Trinajstić information content (AvgIpc) is 3.22. The Balaban J connectivity index is 1.73. The first kappa shape index (κ1) is 18.8. The van der Waals surface area contributed by atoms with E-state index in [1.807, 2.05) is 0 Å². The molecule has 2 aliphatic carbocycles. The normalized spacial score (nSPS) is 27.9. The minimum Gasteiger partial charge on any atom is -0.247 e. The topological polar surface area (TPSA) is 35.6 Å². The molecule has 0 fully saturated rings. The third kappa shape index (κ3) is 3.15. The van der Waals surface area contributed by atoms with E-state index in [1.54, 1.807) is 0 Å². The summed E-state index contributed by atoms with van der Waals surface area (Å²) in [5, 5.41) is 9.70. The summed E-state index contributed by atoms with van der Waals surface area (Å²) in [7, 11) is 0. The van der Waals surface area contributed by atoms with Gasteiger partial charge in [0.25, 0.3) is 0 Å². The fourth-order valence-electron chi connectivity index (χ4n) is 5.48. The standard InChI is InChI=1S/C23H36N4/c1-14(2)18-9-7-16(5)20-11-24-26(22(18)20)13-27-23-19(15(3)4)10-8-17(6)21(23)12-25-27/h11-12,14-19H,7-10,13H2,1-6H3/t16-,17+,18-,19-/m0/s1. The van der Waals surface area contributed by atoms with E-state index in [0.29, 0.717) is 35.5 Å². The molecule has 0 aliphatic heterocycles. The van der Waals surface area contributed by atoms with Gasteiger partial charge in [-0.1, -0.05) is 41.5 Å². The Kier molecular flexibility index (Phi) is 4.94. The van der Waals surface area contributed by atoms with Crippen molar-refractivity contribution >= 4 is 0 Å². The number of rotatable bonds is 4. The Morgan fingerprint density at radius 1 is 0.778 bits per heavy atom. The smallest absolute Gasteiger partial charge is 0.133 e. The van der Waals surface area contributed by atoms with Gasteiger partial charge in [0.2, 0.25) is 0 Å². The maximum Gasteiger partial charge on any atom is 0.133 e. The number of fused-ring (bicyclic) bond motifs is 2. The molecule has 0 amide bonds. The van der Waals surface area contributed by atoms with Crippen molar-refractivity contribution in [3.8, 4) is 0 Å². The van der Waals surface area contributed by atoms with Gasteiger partial charge in [0.15, 0.2) is 0 Å². The average molecular weight is 369 g/mol. The monoisotopic (exact) mass is 368 g/mol. The molecule has 0 saturated heterocycles. The van der Waals surface area contributed by atoms with Crippen molar-refractivity contribution < 1.29 is 0 Å². The van der Waals surface area contributed by atoms with Gasteiger partial charge in [0.05, 0.1) is 12.4 Å². The molecule has 0 spiro atoms. The van der Waals surface area contributed by atoms with Crippen molar-refractivity contribution in [1.82, 2.24) is 19.6 Å². The van der Waals surface area contributed by atoms with E-state index in [-0.39, 0.29) is 0 Å². The Hall–Kier alpha value is -1.58. The van der Waals surface area contributed by atoms with Crippen LogP contribution in [0.3, 0.4) is 0 Å². The number of hydrogen-bond acceptors (Lipinski definition) is 2. The second-order valence-corrected chi connectivity index (χ2v) is 9.77. The van der Waals surface area contributed by atoms with Crippen LogP contribution in [0.1, 0.15) is 113 Å². The summed E-state index contributed by atoms with van der Waals surface area (Å²) in [4.78, 5) is 0. The SMILES string of the molecule is CC(C)[C@@H]1CC[C@@H](C)c2cnn(Cn3ncc4c3[C@H](C(C)C)CC[C@@H]4C)c21. The van der Waals surface area contributed by atoms with Crippen molar-refractivity contribution in [3.05, 3.63) is 34.9 Å². The van der Waals surface area contributed by atoms with Crippen LogP contribution in [0.15, 0.2) is 12.4 Å². The van der Waals surface area contributed by atoms with Crippen LogP contribution in [0.5, 0.6) is 0 Å². The summed E-state index contributed by atoms with van der Waals surface area (Å²) in [5.74, 6) is 3.79. The van der Waals surface area contributed by atoms with Crippen LogP contribution in [0.4, 0.5) is 0 Å². The maximum absolute atomic E-state index is 4.85. The lowest BCUT2D eigenvalue weighted by atomic mass is 9.76. The van der Waals surface area contributed by atoms with Crippen LogP contribution >= 0.6 is 0 Å². The summed E-state index contributed by atoms with van der Waals surface area (Å²) in [5.41, 5.74) is 5.88. The predicted octanol–water partition coefficient (Wildman–Crippen LogP) is 5.86. The van der Waals surface area contributed by atoms with Gasteiger partial charge >= 0.3 is 0 Å². The molecule has 0 aromatic carbocycles. The van der Waals surface area contributed by atoms with Crippen molar-refractivity contribution in [2.75, 3.05) is 0 Å². The van der Waals surface area contributed by atoms with E-state index in [2.05, 4.69) is 63.3 Å². The van der Waals surface area contributed by atoms with Crippen LogP contribution in [-0.4, -0.2) is 19.6 Å². The van der Waals surface area contributed by atoms with Crippen molar-refractivity contribution in [2.45, 2.75) is 97.6 Å². The summed E-state index contributed by atoms with van der Waals surface area (Å²) >= 11 is 0. The molecule has 4 heteroatoms. The van der Waals surface area contributed by atoms with Crippen molar-refractivity contribution in [1.29, 1.82) is 0 Å². The lowest BCUT2D eigenvalue weighted by molar-refractivity contribution is 0.348. The highest BCUT2D eigenvalue weighted by atomic mass is 15.4. The third-order valence-electron chi connectivity index (χ3n) is 7.28. The summed E-state index contributed by atoms with van der Waals surface area (Å²) in [6, 6.07) is 0. The van der Waals surface area contributed by atoms with Crippen LogP contribution < -0.4 is 0 Å². The molecular formula is C23H36N4. The molecule has 2 aliphatic rings. The quantitative estimate of drug-likeness (QED) is 0.677. The lowest BCUT2D eigenvalue weighted by Crippen LogP contribution is -2.25. The van der Waals surface area contributed by atoms with E-state index in [0.717, 1.165) is 6.67 Å². The van der Waals surface area contributed by atoms with Gasteiger partial charge in [0.1, 0.15) is 6.67 Å². The number of hydrogen-bond donors (Lipinski definition) is 0. The number of nitrogens with zero attached hydrogens (tertiary/aromatic N) is 4. The van der Waals surface area contributed by atoms with E-state index < -0.39 is 0 Å². The fraction of sp³-hybridized carbons (Fsp3) is 0.739. The minimum absolute atomic E-state index is 0.616. The first-order valence-electron chi connectivity index (χ1n) is 11.0. The largest absolute Gasteiger partial charge is 0.247 e. The van der Waals surface area contributed by atoms with Crippen molar-refractivity contribution in [3.63, 3.8) is 0 Å². The third-order valence-corrected chi connectivity index (χ3v) is 7.28. The maximum atomic E-state index is 4.85. The fourth-order valence-corrected chi connectivity index (χ4v) is 5.48. The molecule has 2 aromatic rings. The van der Waals surface area contributed by atoms with Gasteiger partial charge in [-0.3, -0.25) is 0 Å². The molecule has 0 bridgehead atoms. The molecule has 0 radical (unpaired) electrons. The van der Waals surface area contributed by atoms with Gasteiger partial charge in [-0.25, -0.2) is 9.36 Å². The molecular weight excluding hydrogens is 332 g/mol. The van der Waals surface area contributed by atoms with Crippen LogP contribution in [0.2, 0.25) is 0 Å². The summed E-state index contributed by atoms with van der Waals surface area (Å²) in [6.07, 6.45) is 9.39. The Morgan fingerprint density at radius 2 is 1.19 bits per heavy atom.